The number of nitrogens with two attached hydrogens (primary N) is 2. The Morgan fingerprint density at radius 1 is 1.37 bits per heavy atom. The van der Waals surface area contributed by atoms with Gasteiger partial charge in [0.15, 0.2) is 0 Å². The van der Waals surface area contributed by atoms with Crippen molar-refractivity contribution in [2.75, 3.05) is 0 Å². The maximum atomic E-state index is 6.62. The Kier molecular flexibility index (Phi) is 3.28. The molecule has 4 nitrogen and oxygen atoms in total. The first kappa shape index (κ1) is 13.0. The van der Waals surface area contributed by atoms with Crippen LogP contribution in [0.4, 0.5) is 0 Å². The predicted octanol–water partition coefficient (Wildman–Crippen LogP) is 2.31. The van der Waals surface area contributed by atoms with E-state index in [1.807, 2.05) is 0 Å². The maximum Gasteiger partial charge on any atom is 0.127 e. The summed E-state index contributed by atoms with van der Waals surface area (Å²) in [6.45, 7) is 2.16. The molecule has 0 amide bonds. The first-order valence-corrected chi connectivity index (χ1v) is 7.72. The summed E-state index contributed by atoms with van der Waals surface area (Å²) in [6, 6.07) is 2.50. The van der Waals surface area contributed by atoms with Gasteiger partial charge in [-0.1, -0.05) is 6.92 Å². The van der Waals surface area contributed by atoms with E-state index < -0.39 is 0 Å². The summed E-state index contributed by atoms with van der Waals surface area (Å²) >= 11 is 1.74. The number of nitrogens with zero attached hydrogens (tertiary/aromatic N) is 2. The molecular formula is C14H20N4S. The van der Waals surface area contributed by atoms with Crippen LogP contribution in [0, 0.1) is 0 Å². The quantitative estimate of drug-likeness (QED) is 0.882. The molecular weight excluding hydrogens is 256 g/mol. The van der Waals surface area contributed by atoms with Gasteiger partial charge in [-0.15, -0.1) is 11.3 Å². The number of rotatable bonds is 2. The zero-order chi connectivity index (χ0) is 13.5. The molecule has 19 heavy (non-hydrogen) atoms. The Morgan fingerprint density at radius 2 is 2.11 bits per heavy atom. The van der Waals surface area contributed by atoms with Crippen molar-refractivity contribution in [3.8, 4) is 0 Å². The largest absolute Gasteiger partial charge is 0.328 e. The van der Waals surface area contributed by atoms with E-state index in [9.17, 15) is 0 Å². The molecule has 2 aromatic rings. The fourth-order valence-electron chi connectivity index (χ4n) is 2.87. The first-order chi connectivity index (χ1) is 9.12. The molecule has 1 saturated carbocycles. The molecule has 2 heterocycles. The third-order valence-corrected chi connectivity index (χ3v) is 5.31. The number of thiophene rings is 1. The minimum absolute atomic E-state index is 0.294. The second kappa shape index (κ2) is 4.81. The lowest BCUT2D eigenvalue weighted by Gasteiger charge is -2.35. The number of aryl methyl sites for hydroxylation is 1. The van der Waals surface area contributed by atoms with Crippen LogP contribution in [-0.4, -0.2) is 16.0 Å². The highest BCUT2D eigenvalue weighted by molar-refractivity contribution is 7.18. The Morgan fingerprint density at radius 3 is 2.79 bits per heavy atom. The van der Waals surface area contributed by atoms with Crippen molar-refractivity contribution < 1.29 is 0 Å². The molecule has 0 aromatic carbocycles. The highest BCUT2D eigenvalue weighted by Crippen LogP contribution is 2.38. The maximum absolute atomic E-state index is 6.62. The van der Waals surface area contributed by atoms with Gasteiger partial charge in [-0.3, -0.25) is 0 Å². The molecule has 0 saturated heterocycles. The van der Waals surface area contributed by atoms with Crippen LogP contribution in [0.25, 0.3) is 10.2 Å². The summed E-state index contributed by atoms with van der Waals surface area (Å²) in [7, 11) is 0. The molecule has 0 radical (unpaired) electrons. The van der Waals surface area contributed by atoms with Gasteiger partial charge in [0.2, 0.25) is 0 Å². The van der Waals surface area contributed by atoms with Crippen molar-refractivity contribution in [2.24, 2.45) is 11.5 Å². The summed E-state index contributed by atoms with van der Waals surface area (Å²) < 4.78 is 0. The molecule has 102 valence electrons. The summed E-state index contributed by atoms with van der Waals surface area (Å²) in [6.07, 6.45) is 6.47. The second-order valence-corrected chi connectivity index (χ2v) is 6.62. The Balaban J connectivity index is 2.06. The van der Waals surface area contributed by atoms with Gasteiger partial charge >= 0.3 is 0 Å². The lowest BCUT2D eigenvalue weighted by Crippen LogP contribution is -2.44. The van der Waals surface area contributed by atoms with Gasteiger partial charge in [0.05, 0.1) is 11.2 Å². The van der Waals surface area contributed by atoms with Crippen molar-refractivity contribution in [3.05, 3.63) is 23.0 Å². The van der Waals surface area contributed by atoms with E-state index in [-0.39, 0.29) is 5.54 Å². The molecule has 0 atom stereocenters. The normalized spacial score (nSPS) is 27.8. The summed E-state index contributed by atoms with van der Waals surface area (Å²) in [5, 5.41) is 1.14. The number of hydrogen-bond donors (Lipinski definition) is 2. The fourth-order valence-corrected chi connectivity index (χ4v) is 3.80. The van der Waals surface area contributed by atoms with Gasteiger partial charge in [-0.25, -0.2) is 9.97 Å². The molecule has 1 aliphatic carbocycles. The van der Waals surface area contributed by atoms with Gasteiger partial charge < -0.3 is 11.5 Å². The van der Waals surface area contributed by atoms with E-state index in [0.29, 0.717) is 6.04 Å². The molecule has 3 rings (SSSR count). The molecule has 1 fully saturated rings. The predicted molar refractivity (Wildman–Crippen MR) is 79.1 cm³/mol. The molecule has 0 bridgehead atoms. The van der Waals surface area contributed by atoms with Gasteiger partial charge in [0.25, 0.3) is 0 Å². The van der Waals surface area contributed by atoms with E-state index in [1.54, 1.807) is 17.7 Å². The van der Waals surface area contributed by atoms with E-state index in [1.165, 1.54) is 4.88 Å². The second-order valence-electron chi connectivity index (χ2n) is 5.50. The number of fused-ring (bicyclic) bond motifs is 1. The summed E-state index contributed by atoms with van der Waals surface area (Å²) in [5.41, 5.74) is 13.3. The van der Waals surface area contributed by atoms with Crippen LogP contribution in [0.1, 0.15) is 43.2 Å². The Labute approximate surface area is 117 Å². The minimum atomic E-state index is -0.330. The van der Waals surface area contributed by atoms with Crippen molar-refractivity contribution >= 4 is 21.6 Å². The molecule has 0 spiro atoms. The third-order valence-electron chi connectivity index (χ3n) is 4.12. The van der Waals surface area contributed by atoms with Gasteiger partial charge in [-0.2, -0.15) is 0 Å². The van der Waals surface area contributed by atoms with Crippen LogP contribution in [0.2, 0.25) is 0 Å². The highest BCUT2D eigenvalue weighted by atomic mass is 32.1. The smallest absolute Gasteiger partial charge is 0.127 e. The molecule has 4 N–H and O–H groups in total. The zero-order valence-corrected chi connectivity index (χ0v) is 12.0. The average Bonchev–Trinajstić information content (AvgIpc) is 2.85. The lowest BCUT2D eigenvalue weighted by atomic mass is 9.77. The van der Waals surface area contributed by atoms with E-state index in [4.69, 9.17) is 11.5 Å². The lowest BCUT2D eigenvalue weighted by molar-refractivity contribution is 0.273. The van der Waals surface area contributed by atoms with Crippen molar-refractivity contribution in [3.63, 3.8) is 0 Å². The van der Waals surface area contributed by atoms with Crippen LogP contribution in [-0.2, 0) is 12.0 Å². The molecule has 0 aliphatic heterocycles. The van der Waals surface area contributed by atoms with E-state index in [2.05, 4.69) is 23.0 Å². The monoisotopic (exact) mass is 276 g/mol. The van der Waals surface area contributed by atoms with Crippen LogP contribution in [0.15, 0.2) is 12.4 Å². The number of hydrogen-bond acceptors (Lipinski definition) is 5. The molecule has 2 aromatic heterocycles. The standard InChI is InChI=1S/C14H20N4S/c1-2-10-7-11-12(17-8-18-13(11)19-10)14(16)5-3-9(15)4-6-14/h7-9H,2-6,15-16H2,1H3. The first-order valence-electron chi connectivity index (χ1n) is 6.91. The topological polar surface area (TPSA) is 77.8 Å². The van der Waals surface area contributed by atoms with Crippen molar-refractivity contribution in [1.82, 2.24) is 9.97 Å². The van der Waals surface area contributed by atoms with E-state index in [0.717, 1.165) is 48.0 Å². The Hall–Kier alpha value is -1.04. The van der Waals surface area contributed by atoms with Crippen molar-refractivity contribution in [2.45, 2.75) is 50.6 Å². The van der Waals surface area contributed by atoms with Gasteiger partial charge in [0.1, 0.15) is 11.2 Å². The summed E-state index contributed by atoms with van der Waals surface area (Å²) in [4.78, 5) is 11.3. The molecule has 0 unspecified atom stereocenters. The van der Waals surface area contributed by atoms with Gasteiger partial charge in [-0.05, 0) is 38.2 Å². The minimum Gasteiger partial charge on any atom is -0.328 e. The van der Waals surface area contributed by atoms with Crippen LogP contribution < -0.4 is 11.5 Å². The van der Waals surface area contributed by atoms with Crippen LogP contribution >= 0.6 is 11.3 Å². The Bertz CT molecular complexity index is 584. The SMILES string of the molecule is CCc1cc2c(C3(N)CCC(N)CC3)ncnc2s1. The fraction of sp³-hybridized carbons (Fsp3) is 0.571. The molecule has 1 aliphatic rings. The van der Waals surface area contributed by atoms with Crippen LogP contribution in [0.5, 0.6) is 0 Å². The zero-order valence-electron chi connectivity index (χ0n) is 11.2. The third kappa shape index (κ3) is 2.26. The molecule has 5 heteroatoms. The summed E-state index contributed by atoms with van der Waals surface area (Å²) in [5.74, 6) is 0. The van der Waals surface area contributed by atoms with Crippen LogP contribution in [0.3, 0.4) is 0 Å². The van der Waals surface area contributed by atoms with E-state index >= 15 is 0 Å². The van der Waals surface area contributed by atoms with Gasteiger partial charge in [0, 0.05) is 16.3 Å². The average molecular weight is 276 g/mol. The number of aromatic nitrogens is 2. The van der Waals surface area contributed by atoms with Crippen molar-refractivity contribution in [1.29, 1.82) is 0 Å². The highest BCUT2D eigenvalue weighted by Gasteiger charge is 2.35.